The van der Waals surface area contributed by atoms with E-state index >= 15 is 0 Å². The van der Waals surface area contributed by atoms with Gasteiger partial charge in [-0.3, -0.25) is 0 Å². The fraction of sp³-hybridized carbons (Fsp3) is 0.714. The fourth-order valence-electron chi connectivity index (χ4n) is 2.38. The maximum atomic E-state index is 5.78. The Bertz CT molecular complexity index is 431. The first-order valence-corrected chi connectivity index (χ1v) is 8.10. The van der Waals surface area contributed by atoms with Crippen LogP contribution in [0.2, 0.25) is 0 Å². The van der Waals surface area contributed by atoms with Crippen LogP contribution in [0.4, 0.5) is 5.82 Å². The molecule has 1 aliphatic heterocycles. The molecule has 0 saturated carbocycles. The first kappa shape index (κ1) is 14.6. The van der Waals surface area contributed by atoms with Crippen molar-refractivity contribution in [3.8, 4) is 0 Å². The Morgan fingerprint density at radius 1 is 1.42 bits per heavy atom. The highest BCUT2D eigenvalue weighted by Crippen LogP contribution is 2.29. The molecule has 1 atom stereocenters. The molecule has 1 aromatic rings. The van der Waals surface area contributed by atoms with Crippen LogP contribution in [-0.2, 0) is 4.74 Å². The largest absolute Gasteiger partial charge is 0.370 e. The highest BCUT2D eigenvalue weighted by atomic mass is 32.2. The van der Waals surface area contributed by atoms with Gasteiger partial charge in [0, 0.05) is 29.3 Å². The van der Waals surface area contributed by atoms with Crippen molar-refractivity contribution in [3.05, 3.63) is 17.1 Å². The molecular formula is C14H23N3OS. The van der Waals surface area contributed by atoms with Crippen molar-refractivity contribution in [2.45, 2.75) is 39.7 Å². The molecule has 0 bridgehead atoms. The molecule has 0 aliphatic carbocycles. The molecule has 5 heteroatoms. The van der Waals surface area contributed by atoms with Crippen LogP contribution >= 0.6 is 11.8 Å². The minimum Gasteiger partial charge on any atom is -0.370 e. The number of hydrogen-bond acceptors (Lipinski definition) is 5. The second-order valence-corrected chi connectivity index (χ2v) is 6.20. The summed E-state index contributed by atoms with van der Waals surface area (Å²) in [4.78, 5) is 9.38. The van der Waals surface area contributed by atoms with Gasteiger partial charge in [0.1, 0.15) is 11.9 Å². The molecule has 1 fully saturated rings. The number of nitrogens with zero attached hydrogens (tertiary/aromatic N) is 2. The highest BCUT2D eigenvalue weighted by molar-refractivity contribution is 7.99. The summed E-state index contributed by atoms with van der Waals surface area (Å²) >= 11 is 1.91. The van der Waals surface area contributed by atoms with E-state index in [0.29, 0.717) is 5.92 Å². The molecule has 19 heavy (non-hydrogen) atoms. The van der Waals surface area contributed by atoms with Crippen molar-refractivity contribution >= 4 is 17.6 Å². The minimum absolute atomic E-state index is 0.0380. The van der Waals surface area contributed by atoms with E-state index in [-0.39, 0.29) is 6.10 Å². The molecule has 0 amide bonds. The van der Waals surface area contributed by atoms with E-state index in [1.165, 1.54) is 5.56 Å². The lowest BCUT2D eigenvalue weighted by Crippen LogP contribution is -2.20. The van der Waals surface area contributed by atoms with Crippen LogP contribution in [0, 0.1) is 6.92 Å². The van der Waals surface area contributed by atoms with Gasteiger partial charge in [0.2, 0.25) is 0 Å². The molecular weight excluding hydrogens is 258 g/mol. The van der Waals surface area contributed by atoms with Crippen LogP contribution in [0.15, 0.2) is 0 Å². The predicted octanol–water partition coefficient (Wildman–Crippen LogP) is 3.14. The van der Waals surface area contributed by atoms with Crippen LogP contribution in [0.3, 0.4) is 0 Å². The Kier molecular flexibility index (Phi) is 5.05. The summed E-state index contributed by atoms with van der Waals surface area (Å²) in [5.41, 5.74) is 2.28. The first-order chi connectivity index (χ1) is 9.13. The van der Waals surface area contributed by atoms with Gasteiger partial charge in [-0.2, -0.15) is 11.8 Å². The smallest absolute Gasteiger partial charge is 0.160 e. The molecule has 0 radical (unpaired) electrons. The second kappa shape index (κ2) is 6.57. The van der Waals surface area contributed by atoms with Crippen molar-refractivity contribution in [2.75, 3.05) is 30.0 Å². The molecule has 1 unspecified atom stereocenters. The van der Waals surface area contributed by atoms with E-state index in [0.717, 1.165) is 42.0 Å². The van der Waals surface area contributed by atoms with Crippen LogP contribution in [-0.4, -0.2) is 34.6 Å². The molecule has 106 valence electrons. The lowest BCUT2D eigenvalue weighted by atomic mass is 10.0. The summed E-state index contributed by atoms with van der Waals surface area (Å²) in [6, 6.07) is 0. The molecule has 1 N–H and O–H groups in total. The van der Waals surface area contributed by atoms with Crippen molar-refractivity contribution in [2.24, 2.45) is 0 Å². The molecule has 0 aromatic carbocycles. The Morgan fingerprint density at radius 2 is 2.21 bits per heavy atom. The summed E-state index contributed by atoms with van der Waals surface area (Å²) in [6.45, 7) is 10.2. The van der Waals surface area contributed by atoms with Gasteiger partial charge in [0.25, 0.3) is 0 Å². The van der Waals surface area contributed by atoms with Crippen molar-refractivity contribution < 1.29 is 4.74 Å². The van der Waals surface area contributed by atoms with Crippen LogP contribution in [0.25, 0.3) is 0 Å². The lowest BCUT2D eigenvalue weighted by molar-refractivity contribution is 0.0693. The normalized spacial score (nSPS) is 19.7. The molecule has 0 spiro atoms. The standard InChI is InChI=1S/C14H23N3OS/c1-5-15-14-12(9(2)3)10(4)16-13(17-14)11-8-19-7-6-18-11/h9,11H,5-8H2,1-4H3,(H,15,16,17). The molecule has 2 rings (SSSR count). The Balaban J connectivity index is 2.35. The van der Waals surface area contributed by atoms with Gasteiger partial charge in [-0.15, -0.1) is 0 Å². The zero-order valence-electron chi connectivity index (χ0n) is 12.2. The van der Waals surface area contributed by atoms with Crippen LogP contribution in [0.5, 0.6) is 0 Å². The quantitative estimate of drug-likeness (QED) is 0.918. The Labute approximate surface area is 119 Å². The van der Waals surface area contributed by atoms with Gasteiger partial charge in [0.05, 0.1) is 6.61 Å². The number of aryl methyl sites for hydroxylation is 1. The number of thioether (sulfide) groups is 1. The number of rotatable bonds is 4. The topological polar surface area (TPSA) is 47.0 Å². The third-order valence-electron chi connectivity index (χ3n) is 3.18. The van der Waals surface area contributed by atoms with Crippen LogP contribution in [0.1, 0.15) is 49.9 Å². The fourth-order valence-corrected chi connectivity index (χ4v) is 3.22. The summed E-state index contributed by atoms with van der Waals surface area (Å²) < 4.78 is 5.78. The van der Waals surface area contributed by atoms with Gasteiger partial charge in [-0.05, 0) is 19.8 Å². The van der Waals surface area contributed by atoms with Gasteiger partial charge >= 0.3 is 0 Å². The van der Waals surface area contributed by atoms with E-state index < -0.39 is 0 Å². The average molecular weight is 281 g/mol. The monoisotopic (exact) mass is 281 g/mol. The van der Waals surface area contributed by atoms with Crippen LogP contribution < -0.4 is 5.32 Å². The summed E-state index contributed by atoms with van der Waals surface area (Å²) in [5.74, 6) is 4.24. The Morgan fingerprint density at radius 3 is 2.79 bits per heavy atom. The zero-order valence-corrected chi connectivity index (χ0v) is 13.0. The number of hydrogen-bond donors (Lipinski definition) is 1. The zero-order chi connectivity index (χ0) is 13.8. The first-order valence-electron chi connectivity index (χ1n) is 6.95. The SMILES string of the molecule is CCNc1nc(C2CSCCO2)nc(C)c1C(C)C. The van der Waals surface area contributed by atoms with Gasteiger partial charge in [-0.25, -0.2) is 9.97 Å². The third-order valence-corrected chi connectivity index (χ3v) is 4.17. The number of anilines is 1. The average Bonchev–Trinajstić information content (AvgIpc) is 2.39. The number of aromatic nitrogens is 2. The van der Waals surface area contributed by atoms with Gasteiger partial charge in [-0.1, -0.05) is 13.8 Å². The summed E-state index contributed by atoms with van der Waals surface area (Å²) in [6.07, 6.45) is 0.0380. The summed E-state index contributed by atoms with van der Waals surface area (Å²) in [7, 11) is 0. The van der Waals surface area contributed by atoms with E-state index in [2.05, 4.69) is 38.0 Å². The molecule has 1 aliphatic rings. The van der Waals surface area contributed by atoms with E-state index in [1.807, 2.05) is 11.8 Å². The van der Waals surface area contributed by atoms with Crippen molar-refractivity contribution in [1.82, 2.24) is 9.97 Å². The minimum atomic E-state index is 0.0380. The van der Waals surface area contributed by atoms with Crippen molar-refractivity contribution in [3.63, 3.8) is 0 Å². The predicted molar refractivity (Wildman–Crippen MR) is 81.0 cm³/mol. The second-order valence-electron chi connectivity index (χ2n) is 5.05. The molecule has 1 saturated heterocycles. The highest BCUT2D eigenvalue weighted by Gasteiger charge is 2.22. The van der Waals surface area contributed by atoms with E-state index in [4.69, 9.17) is 9.72 Å². The maximum absolute atomic E-state index is 5.78. The number of nitrogens with one attached hydrogen (secondary N) is 1. The molecule has 4 nitrogen and oxygen atoms in total. The van der Waals surface area contributed by atoms with E-state index in [9.17, 15) is 0 Å². The van der Waals surface area contributed by atoms with Gasteiger partial charge < -0.3 is 10.1 Å². The molecule has 1 aromatic heterocycles. The number of ether oxygens (including phenoxy) is 1. The van der Waals surface area contributed by atoms with Crippen molar-refractivity contribution in [1.29, 1.82) is 0 Å². The maximum Gasteiger partial charge on any atom is 0.160 e. The summed E-state index contributed by atoms with van der Waals surface area (Å²) in [5, 5.41) is 3.36. The lowest BCUT2D eigenvalue weighted by Gasteiger charge is -2.23. The third kappa shape index (κ3) is 3.39. The molecule has 2 heterocycles. The van der Waals surface area contributed by atoms with Gasteiger partial charge in [0.15, 0.2) is 5.82 Å². The van der Waals surface area contributed by atoms with E-state index in [1.54, 1.807) is 0 Å². The Hall–Kier alpha value is -0.810.